The highest BCUT2D eigenvalue weighted by Crippen LogP contribution is 2.62. The van der Waals surface area contributed by atoms with Gasteiger partial charge in [0.05, 0.1) is 0 Å². The number of carbonyl (C=O) groups excluding carboxylic acids is 2. The molecule has 1 aromatic rings. The van der Waals surface area contributed by atoms with Crippen molar-refractivity contribution >= 4 is 11.8 Å². The molecule has 5 rings (SSSR count). The van der Waals surface area contributed by atoms with E-state index in [0.29, 0.717) is 18.3 Å². The molecule has 0 radical (unpaired) electrons. The van der Waals surface area contributed by atoms with E-state index in [9.17, 15) is 9.59 Å². The molecule has 0 spiro atoms. The maximum absolute atomic E-state index is 13.4. The Kier molecular flexibility index (Phi) is 3.52. The number of rotatable bonds is 2. The van der Waals surface area contributed by atoms with Gasteiger partial charge >= 0.3 is 5.97 Å². The highest BCUT2D eigenvalue weighted by Gasteiger charge is 2.67. The van der Waals surface area contributed by atoms with Crippen molar-refractivity contribution in [3.05, 3.63) is 48.0 Å². The Morgan fingerprint density at radius 3 is 2.41 bits per heavy atom. The third-order valence-corrected chi connectivity index (χ3v) is 7.02. The number of hydrogen-bond donors (Lipinski definition) is 0. The van der Waals surface area contributed by atoms with Crippen molar-refractivity contribution in [2.75, 3.05) is 0 Å². The second-order valence-corrected chi connectivity index (χ2v) is 9.65. The van der Waals surface area contributed by atoms with E-state index in [1.807, 2.05) is 51.1 Å². The van der Waals surface area contributed by atoms with E-state index in [2.05, 4.69) is 12.2 Å². The average Bonchev–Trinajstić information content (AvgIpc) is 3.37. The Morgan fingerprint density at radius 1 is 1.04 bits per heavy atom. The maximum Gasteiger partial charge on any atom is 0.345 e. The second kappa shape index (κ2) is 5.54. The van der Waals surface area contributed by atoms with Gasteiger partial charge in [-0.3, -0.25) is 4.79 Å². The predicted octanol–water partition coefficient (Wildman–Crippen LogP) is 3.85. The number of cyclic esters (lactones) is 1. The fourth-order valence-corrected chi connectivity index (χ4v) is 5.87. The molecule has 4 heteroatoms. The third-order valence-electron chi connectivity index (χ3n) is 7.02. The Bertz CT molecular complexity index is 821. The number of esters is 1. The minimum atomic E-state index is -1.19. The smallest absolute Gasteiger partial charge is 0.345 e. The van der Waals surface area contributed by atoms with Crippen molar-refractivity contribution in [3.8, 4) is 0 Å². The number of Topliss-reactive ketones (excluding diaryl/α,β-unsaturated/α-hetero) is 1. The summed E-state index contributed by atoms with van der Waals surface area (Å²) in [5.74, 6) is 0.682. The molecule has 1 heterocycles. The van der Waals surface area contributed by atoms with E-state index in [-0.39, 0.29) is 34.9 Å². The van der Waals surface area contributed by atoms with Crippen molar-refractivity contribution in [3.63, 3.8) is 0 Å². The van der Waals surface area contributed by atoms with Crippen LogP contribution in [0.15, 0.2) is 42.5 Å². The number of ketones is 1. The van der Waals surface area contributed by atoms with Crippen LogP contribution in [0, 0.1) is 35.0 Å². The summed E-state index contributed by atoms with van der Waals surface area (Å²) in [5, 5.41) is 0. The van der Waals surface area contributed by atoms with Gasteiger partial charge in [0, 0.05) is 23.7 Å². The monoisotopic (exact) mass is 366 g/mol. The van der Waals surface area contributed by atoms with Crippen molar-refractivity contribution in [1.82, 2.24) is 0 Å². The van der Waals surface area contributed by atoms with Crippen LogP contribution in [0.4, 0.5) is 0 Å². The van der Waals surface area contributed by atoms with Crippen molar-refractivity contribution < 1.29 is 19.1 Å². The lowest BCUT2D eigenvalue weighted by atomic mass is 9.70. The molecule has 2 saturated carbocycles. The molecule has 1 saturated heterocycles. The lowest BCUT2D eigenvalue weighted by Gasteiger charge is -2.37. The van der Waals surface area contributed by atoms with Gasteiger partial charge in [-0.25, -0.2) is 4.79 Å². The minimum Gasteiger partial charge on any atom is -0.433 e. The van der Waals surface area contributed by atoms with E-state index in [1.54, 1.807) is 0 Å². The fourth-order valence-electron chi connectivity index (χ4n) is 5.87. The molecule has 0 N–H and O–H groups in total. The van der Waals surface area contributed by atoms with E-state index >= 15 is 0 Å². The molecule has 1 aliphatic heterocycles. The van der Waals surface area contributed by atoms with Crippen LogP contribution >= 0.6 is 0 Å². The molecule has 0 aromatic heterocycles. The largest absolute Gasteiger partial charge is 0.433 e. The first kappa shape index (κ1) is 17.2. The van der Waals surface area contributed by atoms with Crippen molar-refractivity contribution in [2.24, 2.45) is 35.0 Å². The number of fused-ring (bicyclic) bond motifs is 5. The quantitative estimate of drug-likeness (QED) is 0.589. The first-order valence-corrected chi connectivity index (χ1v) is 9.98. The van der Waals surface area contributed by atoms with Gasteiger partial charge in [0.2, 0.25) is 6.29 Å². The molecule has 1 aromatic carbocycles. The number of benzene rings is 1. The van der Waals surface area contributed by atoms with Crippen LogP contribution in [0.2, 0.25) is 0 Å². The molecule has 4 aliphatic rings. The summed E-state index contributed by atoms with van der Waals surface area (Å²) in [4.78, 5) is 26.3. The standard InChI is InChI=1S/C23H26O4/c1-22(2,3)21-26-20(25)23(27-21,15-7-5-4-6-8-15)16-12-17(24)19-14-10-9-13(11-14)18(16)19/h4-10,13-14,16,18-19,21H,11-12H2,1-3H3/t13-,14+,16-,18+,19-,21-,23-/m0/s1. The van der Waals surface area contributed by atoms with Gasteiger partial charge in [-0.05, 0) is 29.7 Å². The molecule has 0 amide bonds. The van der Waals surface area contributed by atoms with E-state index in [4.69, 9.17) is 9.47 Å². The van der Waals surface area contributed by atoms with Gasteiger partial charge < -0.3 is 9.47 Å². The van der Waals surface area contributed by atoms with Crippen LogP contribution in [0.5, 0.6) is 0 Å². The zero-order valence-corrected chi connectivity index (χ0v) is 16.1. The molecular formula is C23H26O4. The molecule has 3 aliphatic carbocycles. The van der Waals surface area contributed by atoms with Crippen molar-refractivity contribution in [1.29, 1.82) is 0 Å². The lowest BCUT2D eigenvalue weighted by molar-refractivity contribution is -0.166. The first-order chi connectivity index (χ1) is 12.8. The SMILES string of the molecule is CC(C)(C)[C@H]1OC(=O)[C@](c2ccccc2)([C@H]2CC(=O)[C@H]3[C@@H]2[C@H]2C=C[C@@H]3C2)O1. The third kappa shape index (κ3) is 2.25. The van der Waals surface area contributed by atoms with Gasteiger partial charge in [0.1, 0.15) is 5.78 Å². The average molecular weight is 366 g/mol. The molecule has 7 atom stereocenters. The van der Waals surface area contributed by atoms with Crippen LogP contribution in [0.1, 0.15) is 39.2 Å². The number of hydrogen-bond acceptors (Lipinski definition) is 4. The van der Waals surface area contributed by atoms with Gasteiger partial charge in [0.25, 0.3) is 0 Å². The topological polar surface area (TPSA) is 52.6 Å². The molecular weight excluding hydrogens is 340 g/mol. The Morgan fingerprint density at radius 2 is 1.74 bits per heavy atom. The zero-order chi connectivity index (χ0) is 19.0. The summed E-state index contributed by atoms with van der Waals surface area (Å²) >= 11 is 0. The summed E-state index contributed by atoms with van der Waals surface area (Å²) in [6, 6.07) is 9.65. The molecule has 142 valence electrons. The Balaban J connectivity index is 1.63. The zero-order valence-electron chi connectivity index (χ0n) is 16.1. The summed E-state index contributed by atoms with van der Waals surface area (Å²) in [6.45, 7) is 6.03. The Hall–Kier alpha value is -1.94. The number of allylic oxidation sites excluding steroid dienone is 2. The highest BCUT2D eigenvalue weighted by molar-refractivity contribution is 5.90. The van der Waals surface area contributed by atoms with Crippen LogP contribution in [0.25, 0.3) is 0 Å². The van der Waals surface area contributed by atoms with E-state index in [1.165, 1.54) is 0 Å². The molecule has 3 fully saturated rings. The minimum absolute atomic E-state index is 0.0377. The van der Waals surface area contributed by atoms with E-state index < -0.39 is 11.9 Å². The maximum atomic E-state index is 13.4. The van der Waals surface area contributed by atoms with Gasteiger partial charge in [-0.15, -0.1) is 0 Å². The number of ether oxygens (including phenoxy) is 2. The van der Waals surface area contributed by atoms with Crippen LogP contribution in [-0.2, 0) is 24.7 Å². The molecule has 0 unspecified atom stereocenters. The first-order valence-electron chi connectivity index (χ1n) is 9.98. The van der Waals surface area contributed by atoms with Crippen LogP contribution in [0.3, 0.4) is 0 Å². The predicted molar refractivity (Wildman–Crippen MR) is 99.4 cm³/mol. The summed E-state index contributed by atoms with van der Waals surface area (Å²) in [5.41, 5.74) is -0.706. The van der Waals surface area contributed by atoms with Gasteiger partial charge in [0.15, 0.2) is 5.60 Å². The van der Waals surface area contributed by atoms with E-state index in [0.717, 1.165) is 12.0 Å². The Labute approximate surface area is 159 Å². The summed E-state index contributed by atoms with van der Waals surface area (Å²) < 4.78 is 12.3. The van der Waals surface area contributed by atoms with Gasteiger partial charge in [-0.2, -0.15) is 0 Å². The van der Waals surface area contributed by atoms with Gasteiger partial charge in [-0.1, -0.05) is 63.3 Å². The normalized spacial score (nSPS) is 42.6. The van der Waals surface area contributed by atoms with Crippen LogP contribution in [-0.4, -0.2) is 18.0 Å². The number of carbonyl (C=O) groups is 2. The molecule has 2 bridgehead atoms. The fraction of sp³-hybridized carbons (Fsp3) is 0.565. The second-order valence-electron chi connectivity index (χ2n) is 9.65. The molecule has 27 heavy (non-hydrogen) atoms. The summed E-state index contributed by atoms with van der Waals surface area (Å²) in [6.07, 6.45) is 5.25. The lowest BCUT2D eigenvalue weighted by Crippen LogP contribution is -2.45. The molecule has 4 nitrogen and oxygen atoms in total. The summed E-state index contributed by atoms with van der Waals surface area (Å²) in [7, 11) is 0. The van der Waals surface area contributed by atoms with Crippen molar-refractivity contribution in [2.45, 2.75) is 45.5 Å². The highest BCUT2D eigenvalue weighted by atomic mass is 16.8. The van der Waals surface area contributed by atoms with Crippen LogP contribution < -0.4 is 0 Å².